The van der Waals surface area contributed by atoms with E-state index < -0.39 is 11.1 Å². The van der Waals surface area contributed by atoms with Crippen LogP contribution in [0, 0.1) is 0 Å². The van der Waals surface area contributed by atoms with E-state index >= 15 is 0 Å². The van der Waals surface area contributed by atoms with Crippen molar-refractivity contribution in [3.05, 3.63) is 0 Å². The van der Waals surface area contributed by atoms with Crippen LogP contribution in [0.25, 0.3) is 0 Å². The molecule has 1 saturated heterocycles. The van der Waals surface area contributed by atoms with Crippen molar-refractivity contribution < 1.29 is 8.76 Å². The quantitative estimate of drug-likeness (QED) is 0.507. The Morgan fingerprint density at radius 1 is 1.53 bits per heavy atom. The van der Waals surface area contributed by atoms with Crippen molar-refractivity contribution in [2.75, 3.05) is 46.2 Å². The fraction of sp³-hybridized carbons (Fsp3) is 1.00. The summed E-state index contributed by atoms with van der Waals surface area (Å²) in [6.45, 7) is 3.97. The molecule has 2 atom stereocenters. The zero-order valence-electron chi connectivity index (χ0n) is 10.9. The predicted molar refractivity (Wildman–Crippen MR) is 71.4 cm³/mol. The van der Waals surface area contributed by atoms with Gasteiger partial charge in [-0.15, -0.1) is 0 Å². The highest BCUT2D eigenvalue weighted by molar-refractivity contribution is 7.79. The zero-order chi connectivity index (χ0) is 12.7. The number of nitrogens with one attached hydrogen (secondary N) is 1. The molecule has 1 rings (SSSR count). The van der Waals surface area contributed by atoms with Crippen LogP contribution in [-0.2, 0) is 11.1 Å². The van der Waals surface area contributed by atoms with Gasteiger partial charge in [-0.25, -0.2) is 4.21 Å². The molecule has 1 aliphatic heterocycles. The van der Waals surface area contributed by atoms with E-state index in [-0.39, 0.29) is 5.88 Å². The number of hydrogen-bond acceptors (Lipinski definition) is 4. The van der Waals surface area contributed by atoms with Crippen LogP contribution in [0.2, 0.25) is 0 Å². The van der Waals surface area contributed by atoms with Gasteiger partial charge in [0, 0.05) is 12.6 Å². The Balaban J connectivity index is 2.14. The van der Waals surface area contributed by atoms with Crippen LogP contribution in [0.15, 0.2) is 0 Å². The highest BCUT2D eigenvalue weighted by Crippen LogP contribution is 2.10. The Bertz CT molecular complexity index is 239. The Morgan fingerprint density at radius 3 is 2.94 bits per heavy atom. The third-order valence-electron chi connectivity index (χ3n) is 3.01. The van der Waals surface area contributed by atoms with Crippen LogP contribution in [0.1, 0.15) is 19.3 Å². The number of hydrogen-bond donors (Lipinski definition) is 2. The summed E-state index contributed by atoms with van der Waals surface area (Å²) in [5, 5.41) is 3.53. The molecule has 0 aromatic rings. The van der Waals surface area contributed by atoms with E-state index in [2.05, 4.69) is 29.2 Å². The van der Waals surface area contributed by atoms with E-state index in [1.165, 1.54) is 6.42 Å². The third-order valence-corrected chi connectivity index (χ3v) is 3.60. The van der Waals surface area contributed by atoms with Gasteiger partial charge in [0.05, 0.1) is 0 Å². The molecule has 0 aromatic heterocycles. The summed E-state index contributed by atoms with van der Waals surface area (Å²) in [6.07, 6.45) is 3.44. The fourth-order valence-electron chi connectivity index (χ4n) is 2.20. The second-order valence-corrected chi connectivity index (χ2v) is 5.88. The van der Waals surface area contributed by atoms with Gasteiger partial charge < -0.3 is 14.8 Å². The molecule has 1 aliphatic rings. The summed E-state index contributed by atoms with van der Waals surface area (Å²) in [6, 6.07) is 0.481. The first-order valence-electron chi connectivity index (χ1n) is 6.26. The van der Waals surface area contributed by atoms with Crippen molar-refractivity contribution in [1.29, 1.82) is 0 Å². The molecule has 2 N–H and O–H groups in total. The summed E-state index contributed by atoms with van der Waals surface area (Å²) < 4.78 is 19.6. The van der Waals surface area contributed by atoms with E-state index in [0.29, 0.717) is 6.04 Å². The molecule has 2 unspecified atom stereocenters. The number of likely N-dealkylation sites (tertiary alicyclic amines) is 1. The maximum absolute atomic E-state index is 10.8. The van der Waals surface area contributed by atoms with Crippen molar-refractivity contribution in [3.8, 4) is 0 Å². The smallest absolute Gasteiger partial charge is 0.167 e. The topological polar surface area (TPSA) is 55.8 Å². The summed E-state index contributed by atoms with van der Waals surface area (Å²) in [5.41, 5.74) is 0. The van der Waals surface area contributed by atoms with E-state index in [0.717, 1.165) is 39.0 Å². The Hall–Kier alpha value is -0.0100. The lowest BCUT2D eigenvalue weighted by molar-refractivity contribution is 0.213. The normalized spacial score (nSPS) is 24.1. The average Bonchev–Trinajstić information content (AvgIpc) is 2.24. The monoisotopic (exact) mass is 263 g/mol. The Labute approximate surface area is 107 Å². The van der Waals surface area contributed by atoms with Crippen molar-refractivity contribution >= 4 is 11.1 Å². The number of piperidine rings is 1. The van der Waals surface area contributed by atoms with Gasteiger partial charge in [0.25, 0.3) is 0 Å². The first kappa shape index (κ1) is 15.0. The van der Waals surface area contributed by atoms with Crippen LogP contribution >= 0.6 is 0 Å². The fourth-order valence-corrected chi connectivity index (χ4v) is 2.74. The van der Waals surface area contributed by atoms with Crippen LogP contribution in [0.4, 0.5) is 0 Å². The van der Waals surface area contributed by atoms with Crippen LogP contribution in [0.5, 0.6) is 0 Å². The van der Waals surface area contributed by atoms with Gasteiger partial charge in [0.1, 0.15) is 5.88 Å². The number of rotatable bonds is 7. The molecule has 0 bridgehead atoms. The zero-order valence-corrected chi connectivity index (χ0v) is 11.7. The van der Waals surface area contributed by atoms with Gasteiger partial charge in [0.2, 0.25) is 0 Å². The van der Waals surface area contributed by atoms with E-state index in [9.17, 15) is 4.21 Å². The molecule has 0 radical (unpaired) electrons. The summed E-state index contributed by atoms with van der Waals surface area (Å²) in [4.78, 5) is 4.26. The minimum absolute atomic E-state index is 0.288. The summed E-state index contributed by atoms with van der Waals surface area (Å²) in [7, 11) is 4.16. The minimum atomic E-state index is -1.70. The molecule has 5 nitrogen and oxygen atoms in total. The van der Waals surface area contributed by atoms with Gasteiger partial charge in [-0.1, -0.05) is 0 Å². The lowest BCUT2D eigenvalue weighted by atomic mass is 10.1. The summed E-state index contributed by atoms with van der Waals surface area (Å²) >= 11 is -1.70. The SMILES string of the molecule is CN(C)CCCNC1CCCN(CS(=O)O)C1. The van der Waals surface area contributed by atoms with Gasteiger partial charge in [0.15, 0.2) is 11.1 Å². The highest BCUT2D eigenvalue weighted by Gasteiger charge is 2.20. The molecule has 0 saturated carbocycles. The maximum atomic E-state index is 10.8. The number of nitrogens with zero attached hydrogens (tertiary/aromatic N) is 2. The third kappa shape index (κ3) is 7.10. The Morgan fingerprint density at radius 2 is 2.29 bits per heavy atom. The molecule has 17 heavy (non-hydrogen) atoms. The molecule has 1 heterocycles. The molecule has 0 amide bonds. The molecule has 6 heteroatoms. The second kappa shape index (κ2) is 8.16. The largest absolute Gasteiger partial charge is 0.313 e. The van der Waals surface area contributed by atoms with Gasteiger partial charge >= 0.3 is 0 Å². The predicted octanol–water partition coefficient (Wildman–Crippen LogP) is 0.171. The van der Waals surface area contributed by atoms with Crippen molar-refractivity contribution in [1.82, 2.24) is 15.1 Å². The minimum Gasteiger partial charge on any atom is -0.313 e. The standard InChI is InChI=1S/C11H25N3O2S/c1-13(2)7-4-6-12-11-5-3-8-14(9-11)10-17(15)16/h11-12H,3-10H2,1-2H3,(H,15,16). The van der Waals surface area contributed by atoms with Crippen molar-refractivity contribution in [3.63, 3.8) is 0 Å². The molecule has 102 valence electrons. The first-order valence-corrected chi connectivity index (χ1v) is 7.53. The lowest BCUT2D eigenvalue weighted by Crippen LogP contribution is -2.47. The first-order chi connectivity index (χ1) is 8.08. The molecular formula is C11H25N3O2S. The highest BCUT2D eigenvalue weighted by atomic mass is 32.2. The average molecular weight is 263 g/mol. The maximum Gasteiger partial charge on any atom is 0.167 e. The summed E-state index contributed by atoms with van der Waals surface area (Å²) in [5.74, 6) is 0.288. The van der Waals surface area contributed by atoms with Gasteiger partial charge in [-0.3, -0.25) is 4.90 Å². The van der Waals surface area contributed by atoms with E-state index in [1.54, 1.807) is 0 Å². The van der Waals surface area contributed by atoms with Crippen molar-refractivity contribution in [2.24, 2.45) is 0 Å². The lowest BCUT2D eigenvalue weighted by Gasteiger charge is -2.32. The molecular weight excluding hydrogens is 238 g/mol. The second-order valence-electron chi connectivity index (χ2n) is 4.98. The van der Waals surface area contributed by atoms with Crippen LogP contribution < -0.4 is 5.32 Å². The molecule has 0 aromatic carbocycles. The van der Waals surface area contributed by atoms with Crippen LogP contribution in [-0.4, -0.2) is 70.8 Å². The Kier molecular flexibility index (Phi) is 7.22. The van der Waals surface area contributed by atoms with Crippen LogP contribution in [0.3, 0.4) is 0 Å². The van der Waals surface area contributed by atoms with E-state index in [4.69, 9.17) is 4.55 Å². The molecule has 1 fully saturated rings. The molecule has 0 spiro atoms. The van der Waals surface area contributed by atoms with E-state index in [1.807, 2.05) is 0 Å². The van der Waals surface area contributed by atoms with Crippen molar-refractivity contribution in [2.45, 2.75) is 25.3 Å². The van der Waals surface area contributed by atoms with Gasteiger partial charge in [-0.2, -0.15) is 0 Å². The molecule has 0 aliphatic carbocycles. The van der Waals surface area contributed by atoms with Gasteiger partial charge in [-0.05, 0) is 53.0 Å².